The Morgan fingerprint density at radius 3 is 2.48 bits per heavy atom. The van der Waals surface area contributed by atoms with Gasteiger partial charge < -0.3 is 14.8 Å². The number of carbonyl (C=O) groups excluding carboxylic acids is 1. The van der Waals surface area contributed by atoms with E-state index in [1.54, 1.807) is 50.4 Å². The summed E-state index contributed by atoms with van der Waals surface area (Å²) in [5.41, 5.74) is 1.60. The quantitative estimate of drug-likeness (QED) is 0.492. The lowest BCUT2D eigenvalue weighted by Gasteiger charge is -2.07. The molecule has 0 aromatic heterocycles. The minimum absolute atomic E-state index is 0.0401. The van der Waals surface area contributed by atoms with Crippen LogP contribution < -0.4 is 14.8 Å². The van der Waals surface area contributed by atoms with Crippen molar-refractivity contribution in [3.8, 4) is 11.5 Å². The van der Waals surface area contributed by atoms with Gasteiger partial charge >= 0.3 is 0 Å². The molecule has 0 atom stereocenters. The maximum Gasteiger partial charge on any atom is 0.274 e. The number of hydrogen-bond donors (Lipinski definition) is 1. The van der Waals surface area contributed by atoms with E-state index in [0.29, 0.717) is 22.7 Å². The van der Waals surface area contributed by atoms with E-state index in [1.165, 1.54) is 19.3 Å². The second kappa shape index (κ2) is 7.96. The van der Waals surface area contributed by atoms with Gasteiger partial charge in [0.2, 0.25) is 5.91 Å². The highest BCUT2D eigenvalue weighted by molar-refractivity contribution is 6.02. The number of aryl methyl sites for hydroxylation is 1. The standard InChI is InChI=1S/C18H18N2O5/c1-12-4-7-14(11-15(12)20(22)23)19-18(21)9-6-13-5-8-16(24-2)17(10-13)25-3/h4-11H,1-3H3,(H,19,21)/b9-6+. The third-order valence-corrected chi connectivity index (χ3v) is 3.51. The Morgan fingerprint density at radius 2 is 1.84 bits per heavy atom. The van der Waals surface area contributed by atoms with Crippen molar-refractivity contribution >= 4 is 23.4 Å². The largest absolute Gasteiger partial charge is 0.493 e. The molecule has 130 valence electrons. The molecule has 0 heterocycles. The number of anilines is 1. The van der Waals surface area contributed by atoms with E-state index in [9.17, 15) is 14.9 Å². The molecule has 2 aromatic rings. The molecule has 0 aliphatic rings. The Morgan fingerprint density at radius 1 is 1.12 bits per heavy atom. The molecule has 1 amide bonds. The van der Waals surface area contributed by atoms with E-state index in [0.717, 1.165) is 5.56 Å². The molecule has 0 radical (unpaired) electrons. The van der Waals surface area contributed by atoms with Crippen LogP contribution in [0, 0.1) is 17.0 Å². The number of ether oxygens (including phenoxy) is 2. The molecule has 0 saturated carbocycles. The van der Waals surface area contributed by atoms with Crippen LogP contribution in [-0.4, -0.2) is 25.1 Å². The molecule has 0 fully saturated rings. The van der Waals surface area contributed by atoms with Crippen molar-refractivity contribution in [1.82, 2.24) is 0 Å². The molecule has 1 N–H and O–H groups in total. The topological polar surface area (TPSA) is 90.7 Å². The van der Waals surface area contributed by atoms with Gasteiger partial charge in [-0.2, -0.15) is 0 Å². The van der Waals surface area contributed by atoms with E-state index in [-0.39, 0.29) is 5.69 Å². The highest BCUT2D eigenvalue weighted by Gasteiger charge is 2.11. The molecule has 2 aromatic carbocycles. The maximum absolute atomic E-state index is 12.0. The van der Waals surface area contributed by atoms with Crippen molar-refractivity contribution < 1.29 is 19.2 Å². The number of nitro benzene ring substituents is 1. The molecule has 0 spiro atoms. The van der Waals surface area contributed by atoms with Crippen LogP contribution in [0.2, 0.25) is 0 Å². The molecule has 0 aliphatic heterocycles. The van der Waals surface area contributed by atoms with Crippen LogP contribution in [0.3, 0.4) is 0 Å². The second-order valence-electron chi connectivity index (χ2n) is 5.20. The third kappa shape index (κ3) is 4.57. The zero-order valence-corrected chi connectivity index (χ0v) is 14.1. The fourth-order valence-electron chi connectivity index (χ4n) is 2.20. The molecule has 25 heavy (non-hydrogen) atoms. The Hall–Kier alpha value is -3.35. The normalized spacial score (nSPS) is 10.5. The van der Waals surface area contributed by atoms with Gasteiger partial charge in [-0.05, 0) is 36.8 Å². The summed E-state index contributed by atoms with van der Waals surface area (Å²) in [7, 11) is 3.07. The lowest BCUT2D eigenvalue weighted by Crippen LogP contribution is -2.08. The summed E-state index contributed by atoms with van der Waals surface area (Å²) in [5, 5.41) is 13.5. The zero-order chi connectivity index (χ0) is 18.4. The van der Waals surface area contributed by atoms with Crippen LogP contribution in [0.5, 0.6) is 11.5 Å². The van der Waals surface area contributed by atoms with Crippen LogP contribution in [0.25, 0.3) is 6.08 Å². The Bertz CT molecular complexity index is 830. The Kier molecular flexibility index (Phi) is 5.73. The van der Waals surface area contributed by atoms with Gasteiger partial charge in [0.25, 0.3) is 5.69 Å². The van der Waals surface area contributed by atoms with Gasteiger partial charge in [0.1, 0.15) is 0 Å². The summed E-state index contributed by atoms with van der Waals surface area (Å²) < 4.78 is 10.4. The van der Waals surface area contributed by atoms with Crippen molar-refractivity contribution in [3.05, 3.63) is 63.7 Å². The first kappa shape index (κ1) is 18.0. The molecule has 0 saturated heterocycles. The van der Waals surface area contributed by atoms with E-state index >= 15 is 0 Å². The average molecular weight is 342 g/mol. The van der Waals surface area contributed by atoms with E-state index < -0.39 is 10.8 Å². The zero-order valence-electron chi connectivity index (χ0n) is 14.1. The third-order valence-electron chi connectivity index (χ3n) is 3.51. The van der Waals surface area contributed by atoms with E-state index in [2.05, 4.69) is 5.32 Å². The SMILES string of the molecule is COc1ccc(/C=C/C(=O)Nc2ccc(C)c([N+](=O)[O-])c2)cc1OC. The molecule has 7 nitrogen and oxygen atoms in total. The number of nitro groups is 1. The van der Waals surface area contributed by atoms with Crippen molar-refractivity contribution in [3.63, 3.8) is 0 Å². The molecule has 2 rings (SSSR count). The average Bonchev–Trinajstić information content (AvgIpc) is 2.61. The molecule has 0 unspecified atom stereocenters. The highest BCUT2D eigenvalue weighted by Crippen LogP contribution is 2.28. The Balaban J connectivity index is 2.11. The maximum atomic E-state index is 12.0. The van der Waals surface area contributed by atoms with Gasteiger partial charge in [-0.25, -0.2) is 0 Å². The first-order valence-electron chi connectivity index (χ1n) is 7.40. The number of benzene rings is 2. The summed E-state index contributed by atoms with van der Waals surface area (Å²) in [6, 6.07) is 9.79. The van der Waals surface area contributed by atoms with Crippen LogP contribution in [0.4, 0.5) is 11.4 Å². The number of nitrogens with one attached hydrogen (secondary N) is 1. The highest BCUT2D eigenvalue weighted by atomic mass is 16.6. The summed E-state index contributed by atoms with van der Waals surface area (Å²) in [6.45, 7) is 1.64. The minimum atomic E-state index is -0.482. The molecular formula is C18H18N2O5. The molecule has 0 bridgehead atoms. The lowest BCUT2D eigenvalue weighted by atomic mass is 10.1. The van der Waals surface area contributed by atoms with E-state index in [1.807, 2.05) is 0 Å². The first-order chi connectivity index (χ1) is 11.9. The Labute approximate surface area is 145 Å². The minimum Gasteiger partial charge on any atom is -0.493 e. The molecule has 0 aliphatic carbocycles. The number of rotatable bonds is 6. The second-order valence-corrected chi connectivity index (χ2v) is 5.20. The summed E-state index contributed by atoms with van der Waals surface area (Å²) in [6.07, 6.45) is 2.95. The van der Waals surface area contributed by atoms with Crippen LogP contribution in [0.1, 0.15) is 11.1 Å². The van der Waals surface area contributed by atoms with Gasteiger partial charge in [0, 0.05) is 23.4 Å². The molecular weight excluding hydrogens is 324 g/mol. The number of methoxy groups -OCH3 is 2. The van der Waals surface area contributed by atoms with Crippen LogP contribution in [-0.2, 0) is 4.79 Å². The van der Waals surface area contributed by atoms with Crippen molar-refractivity contribution in [2.45, 2.75) is 6.92 Å². The van der Waals surface area contributed by atoms with Gasteiger partial charge in [0.05, 0.1) is 19.1 Å². The van der Waals surface area contributed by atoms with Gasteiger partial charge in [-0.3, -0.25) is 14.9 Å². The van der Waals surface area contributed by atoms with E-state index in [4.69, 9.17) is 9.47 Å². The predicted octanol–water partition coefficient (Wildman–Crippen LogP) is 3.57. The van der Waals surface area contributed by atoms with Crippen LogP contribution in [0.15, 0.2) is 42.5 Å². The predicted molar refractivity (Wildman–Crippen MR) is 95.0 cm³/mol. The van der Waals surface area contributed by atoms with Crippen LogP contribution >= 0.6 is 0 Å². The van der Waals surface area contributed by atoms with Gasteiger partial charge in [0.15, 0.2) is 11.5 Å². The monoisotopic (exact) mass is 342 g/mol. The van der Waals surface area contributed by atoms with Crippen molar-refractivity contribution in [2.75, 3.05) is 19.5 Å². The van der Waals surface area contributed by atoms with Gasteiger partial charge in [-0.15, -0.1) is 0 Å². The fourth-order valence-corrected chi connectivity index (χ4v) is 2.20. The summed E-state index contributed by atoms with van der Waals surface area (Å²) in [4.78, 5) is 22.5. The fraction of sp³-hybridized carbons (Fsp3) is 0.167. The summed E-state index contributed by atoms with van der Waals surface area (Å²) in [5.74, 6) is 0.753. The van der Waals surface area contributed by atoms with Crippen molar-refractivity contribution in [1.29, 1.82) is 0 Å². The first-order valence-corrected chi connectivity index (χ1v) is 7.40. The lowest BCUT2D eigenvalue weighted by molar-refractivity contribution is -0.385. The van der Waals surface area contributed by atoms with Gasteiger partial charge in [-0.1, -0.05) is 12.1 Å². The number of hydrogen-bond acceptors (Lipinski definition) is 5. The number of amides is 1. The smallest absolute Gasteiger partial charge is 0.274 e. The summed E-state index contributed by atoms with van der Waals surface area (Å²) >= 11 is 0. The number of carbonyl (C=O) groups is 1. The van der Waals surface area contributed by atoms with Crippen molar-refractivity contribution in [2.24, 2.45) is 0 Å². The molecule has 7 heteroatoms. The number of nitrogens with zero attached hydrogens (tertiary/aromatic N) is 1.